The molecule has 1 N–H and O–H groups in total. The zero-order valence-electron chi connectivity index (χ0n) is 8.77. The number of nitrogens with one attached hydrogen (secondary N) is 1. The summed E-state index contributed by atoms with van der Waals surface area (Å²) in [6, 6.07) is 0.255. The normalized spacial score (nSPS) is 13.0. The van der Waals surface area contributed by atoms with Crippen LogP contribution in [0.15, 0.2) is 0 Å². The molecule has 0 aliphatic rings. The quantitative estimate of drug-likeness (QED) is 0.664. The molecule has 0 aliphatic heterocycles. The summed E-state index contributed by atoms with van der Waals surface area (Å²) in [7, 11) is 0. The molecule has 0 spiro atoms. The molecular weight excluding hydrogens is 186 g/mol. The van der Waals surface area contributed by atoms with Gasteiger partial charge in [-0.3, -0.25) is 4.79 Å². The number of carbonyl (C=O) groups is 1. The van der Waals surface area contributed by atoms with Gasteiger partial charge < -0.3 is 5.32 Å². The summed E-state index contributed by atoms with van der Waals surface area (Å²) in [5.41, 5.74) is 0. The van der Waals surface area contributed by atoms with Crippen LogP contribution in [-0.4, -0.2) is 17.8 Å². The maximum absolute atomic E-state index is 10.9. The van der Waals surface area contributed by atoms with Gasteiger partial charge in [0.1, 0.15) is 5.88 Å². The lowest BCUT2D eigenvalue weighted by Crippen LogP contribution is -2.33. The zero-order chi connectivity index (χ0) is 10.3. The van der Waals surface area contributed by atoms with E-state index in [9.17, 15) is 4.79 Å². The summed E-state index contributed by atoms with van der Waals surface area (Å²) in [6.07, 6.45) is 3.43. The highest BCUT2D eigenvalue weighted by molar-refractivity contribution is 6.27. The molecule has 0 heterocycles. The topological polar surface area (TPSA) is 29.1 Å². The maximum atomic E-state index is 10.9. The minimum atomic E-state index is -0.0706. The molecule has 78 valence electrons. The van der Waals surface area contributed by atoms with E-state index in [-0.39, 0.29) is 17.8 Å². The van der Waals surface area contributed by atoms with Gasteiger partial charge in [0.25, 0.3) is 0 Å². The van der Waals surface area contributed by atoms with Crippen LogP contribution < -0.4 is 5.32 Å². The Hall–Kier alpha value is -0.240. The lowest BCUT2D eigenvalue weighted by atomic mass is 10.0. The van der Waals surface area contributed by atoms with Gasteiger partial charge in [0.05, 0.1) is 0 Å². The van der Waals surface area contributed by atoms with E-state index in [2.05, 4.69) is 19.2 Å². The van der Waals surface area contributed by atoms with Crippen molar-refractivity contribution >= 4 is 17.5 Å². The molecule has 0 aliphatic carbocycles. The molecule has 0 fully saturated rings. The molecule has 1 atom stereocenters. The van der Waals surface area contributed by atoms with Crippen molar-refractivity contribution in [2.45, 2.75) is 46.1 Å². The minimum Gasteiger partial charge on any atom is -0.353 e. The van der Waals surface area contributed by atoms with Gasteiger partial charge in [0.2, 0.25) is 5.91 Å². The zero-order valence-corrected chi connectivity index (χ0v) is 9.53. The van der Waals surface area contributed by atoms with E-state index in [0.29, 0.717) is 0 Å². The minimum absolute atomic E-state index is 0.0640. The van der Waals surface area contributed by atoms with Crippen molar-refractivity contribution in [1.82, 2.24) is 5.32 Å². The van der Waals surface area contributed by atoms with Gasteiger partial charge in [-0.2, -0.15) is 0 Å². The van der Waals surface area contributed by atoms with Crippen molar-refractivity contribution in [2.75, 3.05) is 5.88 Å². The van der Waals surface area contributed by atoms with Crippen molar-refractivity contribution < 1.29 is 4.79 Å². The Kier molecular flexibility index (Phi) is 7.06. The Morgan fingerprint density at radius 2 is 1.92 bits per heavy atom. The molecule has 0 saturated carbocycles. The van der Waals surface area contributed by atoms with Gasteiger partial charge in [-0.25, -0.2) is 0 Å². The molecular formula is C10H20ClNO. The molecule has 0 aromatic heterocycles. The van der Waals surface area contributed by atoms with Crippen molar-refractivity contribution in [3.05, 3.63) is 0 Å². The van der Waals surface area contributed by atoms with Crippen LogP contribution >= 0.6 is 11.6 Å². The van der Waals surface area contributed by atoms with Crippen LogP contribution in [0.25, 0.3) is 0 Å². The largest absolute Gasteiger partial charge is 0.353 e. The van der Waals surface area contributed by atoms with E-state index in [0.717, 1.165) is 12.3 Å². The van der Waals surface area contributed by atoms with Crippen LogP contribution in [0.2, 0.25) is 0 Å². The average molecular weight is 206 g/mol. The third-order valence-corrected chi connectivity index (χ3v) is 2.19. The SMILES string of the molecule is CC(C)CCC[C@@H](C)NC(=O)CCl. The van der Waals surface area contributed by atoms with Crippen LogP contribution in [0.4, 0.5) is 0 Å². The number of amides is 1. The average Bonchev–Trinajstić information content (AvgIpc) is 2.03. The van der Waals surface area contributed by atoms with Gasteiger partial charge in [-0.15, -0.1) is 11.6 Å². The summed E-state index contributed by atoms with van der Waals surface area (Å²) >= 11 is 5.37. The maximum Gasteiger partial charge on any atom is 0.235 e. The van der Waals surface area contributed by atoms with E-state index in [1.807, 2.05) is 6.92 Å². The number of carbonyl (C=O) groups excluding carboxylic acids is 1. The lowest BCUT2D eigenvalue weighted by molar-refractivity contribution is -0.119. The Balaban J connectivity index is 3.40. The molecule has 1 amide bonds. The fraction of sp³-hybridized carbons (Fsp3) is 0.900. The number of halogens is 1. The Morgan fingerprint density at radius 1 is 1.31 bits per heavy atom. The van der Waals surface area contributed by atoms with E-state index >= 15 is 0 Å². The highest BCUT2D eigenvalue weighted by Crippen LogP contribution is 2.07. The molecule has 0 bridgehead atoms. The number of rotatable bonds is 6. The molecule has 0 saturated heterocycles. The van der Waals surface area contributed by atoms with Crippen molar-refractivity contribution in [1.29, 1.82) is 0 Å². The molecule has 0 radical (unpaired) electrons. The highest BCUT2D eigenvalue weighted by Gasteiger charge is 2.05. The van der Waals surface area contributed by atoms with E-state index in [1.54, 1.807) is 0 Å². The Bertz CT molecular complexity index is 148. The second-order valence-corrected chi connectivity index (χ2v) is 4.19. The van der Waals surface area contributed by atoms with E-state index < -0.39 is 0 Å². The predicted octanol–water partition coefficient (Wildman–Crippen LogP) is 2.56. The first kappa shape index (κ1) is 12.8. The third-order valence-electron chi connectivity index (χ3n) is 1.95. The highest BCUT2D eigenvalue weighted by atomic mass is 35.5. The number of alkyl halides is 1. The van der Waals surface area contributed by atoms with Crippen LogP contribution in [-0.2, 0) is 4.79 Å². The summed E-state index contributed by atoms with van der Waals surface area (Å²) in [5.74, 6) is 0.740. The fourth-order valence-electron chi connectivity index (χ4n) is 1.22. The first-order chi connectivity index (χ1) is 6.06. The first-order valence-corrected chi connectivity index (χ1v) is 5.45. The van der Waals surface area contributed by atoms with Gasteiger partial charge in [0, 0.05) is 6.04 Å². The number of hydrogen-bond acceptors (Lipinski definition) is 1. The van der Waals surface area contributed by atoms with Crippen LogP contribution in [0, 0.1) is 5.92 Å². The van der Waals surface area contributed by atoms with Gasteiger partial charge in [0.15, 0.2) is 0 Å². The van der Waals surface area contributed by atoms with Crippen LogP contribution in [0.1, 0.15) is 40.0 Å². The molecule has 13 heavy (non-hydrogen) atoms. The molecule has 0 aromatic rings. The summed E-state index contributed by atoms with van der Waals surface area (Å²) in [5, 5.41) is 2.83. The lowest BCUT2D eigenvalue weighted by Gasteiger charge is -2.13. The predicted molar refractivity (Wildman–Crippen MR) is 57.0 cm³/mol. The Labute approximate surface area is 86.0 Å². The molecule has 3 heteroatoms. The monoisotopic (exact) mass is 205 g/mol. The van der Waals surface area contributed by atoms with E-state index in [1.165, 1.54) is 12.8 Å². The fourth-order valence-corrected chi connectivity index (χ4v) is 1.30. The number of hydrogen-bond donors (Lipinski definition) is 1. The van der Waals surface area contributed by atoms with Gasteiger partial charge in [-0.05, 0) is 19.3 Å². The first-order valence-electron chi connectivity index (χ1n) is 4.91. The second-order valence-electron chi connectivity index (χ2n) is 3.93. The molecule has 0 unspecified atom stereocenters. The second kappa shape index (κ2) is 7.19. The summed E-state index contributed by atoms with van der Waals surface area (Å²) in [6.45, 7) is 6.44. The summed E-state index contributed by atoms with van der Waals surface area (Å²) < 4.78 is 0. The molecule has 0 aromatic carbocycles. The van der Waals surface area contributed by atoms with Crippen molar-refractivity contribution in [3.8, 4) is 0 Å². The van der Waals surface area contributed by atoms with Crippen molar-refractivity contribution in [3.63, 3.8) is 0 Å². The van der Waals surface area contributed by atoms with E-state index in [4.69, 9.17) is 11.6 Å². The third kappa shape index (κ3) is 8.10. The molecule has 2 nitrogen and oxygen atoms in total. The van der Waals surface area contributed by atoms with Gasteiger partial charge in [-0.1, -0.05) is 26.7 Å². The van der Waals surface area contributed by atoms with Gasteiger partial charge >= 0.3 is 0 Å². The van der Waals surface area contributed by atoms with Crippen LogP contribution in [0.3, 0.4) is 0 Å². The van der Waals surface area contributed by atoms with Crippen LogP contribution in [0.5, 0.6) is 0 Å². The molecule has 0 rings (SSSR count). The van der Waals surface area contributed by atoms with Crippen molar-refractivity contribution in [2.24, 2.45) is 5.92 Å². The Morgan fingerprint density at radius 3 is 2.38 bits per heavy atom. The summed E-state index contributed by atoms with van der Waals surface area (Å²) in [4.78, 5) is 10.9. The standard InChI is InChI=1S/C10H20ClNO/c1-8(2)5-4-6-9(3)12-10(13)7-11/h8-9H,4-7H2,1-3H3,(H,12,13)/t9-/m1/s1. The smallest absolute Gasteiger partial charge is 0.235 e.